The van der Waals surface area contributed by atoms with E-state index in [9.17, 15) is 0 Å². The third kappa shape index (κ3) is 5.73. The van der Waals surface area contributed by atoms with Crippen LogP contribution in [0.2, 0.25) is 0 Å². The Labute approximate surface area is 388 Å². The molecule has 0 N–H and O–H groups in total. The van der Waals surface area contributed by atoms with E-state index in [-0.39, 0.29) is 33.8 Å². The summed E-state index contributed by atoms with van der Waals surface area (Å²) in [6.07, 6.45) is 4.74. The van der Waals surface area contributed by atoms with Crippen molar-refractivity contribution in [2.24, 2.45) is 0 Å². The number of benzene rings is 7. The molecule has 12 rings (SSSR count). The summed E-state index contributed by atoms with van der Waals surface area (Å²) in [5.41, 5.74) is 27.4. The minimum Gasteiger partial charge on any atom is -0.311 e. The van der Waals surface area contributed by atoms with Gasteiger partial charge in [-0.15, -0.1) is 0 Å². The van der Waals surface area contributed by atoms with Gasteiger partial charge in [0.05, 0.1) is 5.69 Å². The Bertz CT molecular complexity index is 3160. The van der Waals surface area contributed by atoms with Crippen LogP contribution in [0.5, 0.6) is 0 Å². The molecular weight excluding hydrogens is 784 g/mol. The predicted molar refractivity (Wildman–Crippen MR) is 279 cm³/mol. The van der Waals surface area contributed by atoms with Gasteiger partial charge >= 0.3 is 0 Å². The van der Waals surface area contributed by atoms with Crippen molar-refractivity contribution in [1.82, 2.24) is 0 Å². The zero-order valence-corrected chi connectivity index (χ0v) is 40.5. The van der Waals surface area contributed by atoms with Crippen LogP contribution in [0.1, 0.15) is 134 Å². The summed E-state index contributed by atoms with van der Waals surface area (Å²) in [6, 6.07) is 52.5. The van der Waals surface area contributed by atoms with Crippen molar-refractivity contribution in [1.29, 1.82) is 0 Å². The van der Waals surface area contributed by atoms with E-state index in [1.54, 1.807) is 0 Å². The second kappa shape index (κ2) is 13.4. The Morgan fingerprint density at radius 3 is 1.69 bits per heavy atom. The first-order chi connectivity index (χ1) is 30.9. The summed E-state index contributed by atoms with van der Waals surface area (Å²) in [7, 11) is 0. The lowest BCUT2D eigenvalue weighted by Crippen LogP contribution is -2.62. The zero-order chi connectivity index (χ0) is 45.2. The number of fused-ring (bicyclic) bond motifs is 9. The van der Waals surface area contributed by atoms with Gasteiger partial charge in [-0.2, -0.15) is 0 Å². The van der Waals surface area contributed by atoms with Crippen LogP contribution in [-0.4, -0.2) is 6.71 Å². The summed E-state index contributed by atoms with van der Waals surface area (Å²) in [5.74, 6) is 0. The Morgan fingerprint density at radius 1 is 0.400 bits per heavy atom. The summed E-state index contributed by atoms with van der Waals surface area (Å²) >= 11 is 0. The quantitative estimate of drug-likeness (QED) is 0.163. The Hall–Kier alpha value is -5.80. The molecule has 3 aliphatic carbocycles. The van der Waals surface area contributed by atoms with Crippen LogP contribution in [-0.2, 0) is 27.1 Å². The van der Waals surface area contributed by atoms with E-state index >= 15 is 0 Å². The second-order valence-electron chi connectivity index (χ2n) is 23.6. The van der Waals surface area contributed by atoms with Gasteiger partial charge in [0, 0.05) is 39.4 Å². The number of hydrogen-bond acceptors (Lipinski definition) is 2. The monoisotopic (exact) mass is 847 g/mol. The molecular formula is C62H63BN2. The summed E-state index contributed by atoms with van der Waals surface area (Å²) in [4.78, 5) is 5.36. The van der Waals surface area contributed by atoms with Crippen LogP contribution in [0.3, 0.4) is 0 Å². The molecule has 2 aliphatic heterocycles. The molecule has 2 nitrogen and oxygen atoms in total. The van der Waals surface area contributed by atoms with Gasteiger partial charge in [0.25, 0.3) is 6.71 Å². The third-order valence-corrected chi connectivity index (χ3v) is 17.2. The first kappa shape index (κ1) is 40.7. The van der Waals surface area contributed by atoms with Crippen molar-refractivity contribution < 1.29 is 0 Å². The SMILES string of the molecule is Cc1cc2c3c(c1)N(c1cccc4c1-c1ccccc1C4(C)C)c1ccc(-c4ccccc4)cc1B3c1cc3c(cc1N2c1ccc2c(c1)C(C)(C)CCC2(C)C)C(C)(C)CCC3(C)C. The number of aryl methyl sites for hydroxylation is 1. The van der Waals surface area contributed by atoms with E-state index in [2.05, 4.69) is 219 Å². The first-order valence-corrected chi connectivity index (χ1v) is 24.4. The highest BCUT2D eigenvalue weighted by molar-refractivity contribution is 7.00. The molecule has 0 atom stereocenters. The van der Waals surface area contributed by atoms with Gasteiger partial charge in [-0.25, -0.2) is 0 Å². The zero-order valence-electron chi connectivity index (χ0n) is 40.5. The van der Waals surface area contributed by atoms with Crippen LogP contribution in [0, 0.1) is 6.92 Å². The van der Waals surface area contributed by atoms with Gasteiger partial charge < -0.3 is 9.80 Å². The number of hydrogen-bond donors (Lipinski definition) is 0. The van der Waals surface area contributed by atoms with Crippen molar-refractivity contribution in [2.45, 2.75) is 129 Å². The lowest BCUT2D eigenvalue weighted by atomic mass is 9.33. The fraction of sp³-hybridized carbons (Fsp3) is 0.323. The molecule has 0 amide bonds. The lowest BCUT2D eigenvalue weighted by Gasteiger charge is -2.48. The minimum atomic E-state index is -0.115. The number of nitrogens with zero attached hydrogens (tertiary/aromatic N) is 2. The van der Waals surface area contributed by atoms with Gasteiger partial charge in [0.1, 0.15) is 0 Å². The number of rotatable bonds is 3. The van der Waals surface area contributed by atoms with Crippen molar-refractivity contribution in [3.63, 3.8) is 0 Å². The molecule has 0 unspecified atom stereocenters. The molecule has 7 aromatic rings. The molecule has 0 radical (unpaired) electrons. The number of anilines is 6. The summed E-state index contributed by atoms with van der Waals surface area (Å²) < 4.78 is 0. The van der Waals surface area contributed by atoms with Crippen molar-refractivity contribution >= 4 is 57.2 Å². The smallest absolute Gasteiger partial charge is 0.252 e. The molecule has 3 heteroatoms. The van der Waals surface area contributed by atoms with E-state index in [0.717, 1.165) is 0 Å². The average molecular weight is 847 g/mol. The predicted octanol–water partition coefficient (Wildman–Crippen LogP) is 14.7. The van der Waals surface area contributed by atoms with Crippen LogP contribution in [0.4, 0.5) is 34.1 Å². The van der Waals surface area contributed by atoms with E-state index in [0.29, 0.717) is 0 Å². The topological polar surface area (TPSA) is 6.48 Å². The molecule has 0 aromatic heterocycles. The molecule has 5 aliphatic rings. The van der Waals surface area contributed by atoms with Crippen molar-refractivity contribution in [3.8, 4) is 22.3 Å². The van der Waals surface area contributed by atoms with E-state index < -0.39 is 0 Å². The van der Waals surface area contributed by atoms with Crippen molar-refractivity contribution in [3.05, 3.63) is 172 Å². The molecule has 0 saturated carbocycles. The fourth-order valence-electron chi connectivity index (χ4n) is 13.2. The summed E-state index contributed by atoms with van der Waals surface area (Å²) in [5, 5.41) is 0. The van der Waals surface area contributed by atoms with Gasteiger partial charge in [-0.3, -0.25) is 0 Å². The normalized spacial score (nSPS) is 19.3. The van der Waals surface area contributed by atoms with Crippen LogP contribution >= 0.6 is 0 Å². The van der Waals surface area contributed by atoms with Crippen LogP contribution in [0.25, 0.3) is 22.3 Å². The fourth-order valence-corrected chi connectivity index (χ4v) is 13.2. The van der Waals surface area contributed by atoms with Gasteiger partial charge in [0.15, 0.2) is 0 Å². The molecule has 7 aromatic carbocycles. The largest absolute Gasteiger partial charge is 0.311 e. The first-order valence-electron chi connectivity index (χ1n) is 24.4. The van der Waals surface area contributed by atoms with E-state index in [4.69, 9.17) is 0 Å². The van der Waals surface area contributed by atoms with E-state index in [1.807, 2.05) is 0 Å². The van der Waals surface area contributed by atoms with Crippen LogP contribution < -0.4 is 26.2 Å². The Balaban J connectivity index is 1.21. The molecule has 0 spiro atoms. The molecule has 2 heterocycles. The molecule has 65 heavy (non-hydrogen) atoms. The Morgan fingerprint density at radius 2 is 0.985 bits per heavy atom. The molecule has 0 saturated heterocycles. The Kier molecular flexibility index (Phi) is 8.39. The average Bonchev–Trinajstić information content (AvgIpc) is 3.52. The summed E-state index contributed by atoms with van der Waals surface area (Å²) in [6.45, 7) is 26.9. The maximum Gasteiger partial charge on any atom is 0.252 e. The maximum atomic E-state index is 2.70. The van der Waals surface area contributed by atoms with Gasteiger partial charge in [-0.05, 0) is 169 Å². The van der Waals surface area contributed by atoms with E-state index in [1.165, 1.54) is 137 Å². The molecule has 0 bridgehead atoms. The highest BCUT2D eigenvalue weighted by Crippen LogP contribution is 2.56. The maximum absolute atomic E-state index is 2.70. The minimum absolute atomic E-state index is 0.0291. The van der Waals surface area contributed by atoms with Gasteiger partial charge in [-0.1, -0.05) is 160 Å². The molecule has 0 fully saturated rings. The van der Waals surface area contributed by atoms with Crippen LogP contribution in [0.15, 0.2) is 133 Å². The second-order valence-corrected chi connectivity index (χ2v) is 23.6. The highest BCUT2D eigenvalue weighted by Gasteiger charge is 2.48. The lowest BCUT2D eigenvalue weighted by molar-refractivity contribution is 0.332. The standard InChI is InChI=1S/C62H63BN2/c1-38-32-54-57-55(33-38)65(52-23-17-22-45-56(52)42-20-15-16-21-43(42)62(45,10)11)51-27-24-40(39-18-13-12-14-19-39)34-49(51)63(57)50-36-47-48(61(8,9)31-30-60(47,6)7)37-53(50)64(54)41-25-26-44-46(35-41)59(4,5)29-28-58(44,2)3/h12-27,32-37H,28-31H2,1-11H3. The highest BCUT2D eigenvalue weighted by atomic mass is 15.2. The van der Waals surface area contributed by atoms with Gasteiger partial charge in [0.2, 0.25) is 0 Å². The molecule has 324 valence electrons. The third-order valence-electron chi connectivity index (χ3n) is 17.2. The van der Waals surface area contributed by atoms with Crippen molar-refractivity contribution in [2.75, 3.05) is 9.80 Å².